The third kappa shape index (κ3) is 3.15. The molecule has 0 bridgehead atoms. The molecule has 0 aromatic carbocycles. The minimum absolute atomic E-state index is 0.248. The summed E-state index contributed by atoms with van der Waals surface area (Å²) in [6, 6.07) is 4.00. The van der Waals surface area contributed by atoms with Crippen molar-refractivity contribution in [3.05, 3.63) is 24.2 Å². The van der Waals surface area contributed by atoms with E-state index in [1.54, 1.807) is 6.20 Å². The maximum absolute atomic E-state index is 10.4. The van der Waals surface area contributed by atoms with E-state index in [1.165, 1.54) is 32.1 Å². The minimum atomic E-state index is -0.644. The fraction of sp³-hybridized carbons (Fsp3) is 0.611. The first-order valence-electron chi connectivity index (χ1n) is 9.04. The molecule has 1 saturated carbocycles. The van der Waals surface area contributed by atoms with E-state index in [1.807, 2.05) is 12.1 Å². The Balaban J connectivity index is 1.47. The molecule has 6 nitrogen and oxygen atoms in total. The van der Waals surface area contributed by atoms with Crippen LogP contribution in [0.15, 0.2) is 22.9 Å². The number of piperidine rings is 1. The van der Waals surface area contributed by atoms with Crippen molar-refractivity contribution >= 4 is 5.82 Å². The first kappa shape index (κ1) is 15.6. The van der Waals surface area contributed by atoms with Gasteiger partial charge in [0, 0.05) is 24.8 Å². The van der Waals surface area contributed by atoms with Crippen LogP contribution < -0.4 is 4.90 Å². The second kappa shape index (κ2) is 6.89. The Kier molecular flexibility index (Phi) is 4.47. The van der Waals surface area contributed by atoms with Crippen LogP contribution in [0.3, 0.4) is 0 Å². The Morgan fingerprint density at radius 2 is 1.88 bits per heavy atom. The van der Waals surface area contributed by atoms with Gasteiger partial charge in [0.2, 0.25) is 5.82 Å². The predicted octanol–water partition coefficient (Wildman–Crippen LogP) is 3.35. The summed E-state index contributed by atoms with van der Waals surface area (Å²) >= 11 is 0. The maximum Gasteiger partial charge on any atom is 0.256 e. The van der Waals surface area contributed by atoms with Gasteiger partial charge in [-0.2, -0.15) is 4.98 Å². The van der Waals surface area contributed by atoms with Crippen molar-refractivity contribution < 1.29 is 9.63 Å². The molecule has 1 N–H and O–H groups in total. The number of pyridine rings is 1. The topological polar surface area (TPSA) is 75.3 Å². The Hall–Kier alpha value is -1.95. The molecule has 2 aromatic rings. The molecular formula is C18H24N4O2. The highest BCUT2D eigenvalue weighted by Crippen LogP contribution is 2.35. The standard InChI is InChI=1S/C18H24N4O2/c23-16(13-6-2-3-7-13)18-20-17(21-24-18)14-8-9-15(19-12-14)22-10-4-1-5-11-22/h8-9,12-13,16,23H,1-7,10-11H2. The van der Waals surface area contributed by atoms with Gasteiger partial charge in [0.05, 0.1) is 0 Å². The average molecular weight is 328 g/mol. The van der Waals surface area contributed by atoms with Gasteiger partial charge in [-0.1, -0.05) is 18.0 Å². The summed E-state index contributed by atoms with van der Waals surface area (Å²) in [5, 5.41) is 14.4. The lowest BCUT2D eigenvalue weighted by Crippen LogP contribution is -2.29. The summed E-state index contributed by atoms with van der Waals surface area (Å²) in [6.45, 7) is 2.15. The van der Waals surface area contributed by atoms with Crippen LogP contribution in [0.4, 0.5) is 5.82 Å². The molecule has 2 aliphatic rings. The zero-order chi connectivity index (χ0) is 16.4. The van der Waals surface area contributed by atoms with Gasteiger partial charge in [-0.15, -0.1) is 0 Å². The average Bonchev–Trinajstić information content (AvgIpc) is 3.34. The number of anilines is 1. The Labute approximate surface area is 141 Å². The summed E-state index contributed by atoms with van der Waals surface area (Å²) < 4.78 is 5.29. The largest absolute Gasteiger partial charge is 0.383 e. The number of aliphatic hydroxyl groups excluding tert-OH is 1. The maximum atomic E-state index is 10.4. The van der Waals surface area contributed by atoms with E-state index in [4.69, 9.17) is 4.52 Å². The van der Waals surface area contributed by atoms with Crippen molar-refractivity contribution in [3.63, 3.8) is 0 Å². The van der Waals surface area contributed by atoms with E-state index in [-0.39, 0.29) is 5.92 Å². The number of rotatable bonds is 4. The van der Waals surface area contributed by atoms with Crippen molar-refractivity contribution in [1.29, 1.82) is 0 Å². The van der Waals surface area contributed by atoms with Gasteiger partial charge < -0.3 is 14.5 Å². The normalized spacial score (nSPS) is 20.5. The molecule has 3 heterocycles. The highest BCUT2D eigenvalue weighted by atomic mass is 16.5. The van der Waals surface area contributed by atoms with Gasteiger partial charge in [-0.05, 0) is 50.2 Å². The van der Waals surface area contributed by atoms with Gasteiger partial charge in [0.25, 0.3) is 5.89 Å². The van der Waals surface area contributed by atoms with E-state index >= 15 is 0 Å². The van der Waals surface area contributed by atoms with Crippen molar-refractivity contribution in [2.24, 2.45) is 5.92 Å². The zero-order valence-electron chi connectivity index (χ0n) is 13.9. The molecule has 2 fully saturated rings. The van der Waals surface area contributed by atoms with Crippen LogP contribution in [0.25, 0.3) is 11.4 Å². The quantitative estimate of drug-likeness (QED) is 0.927. The van der Waals surface area contributed by atoms with Gasteiger partial charge in [0.15, 0.2) is 0 Å². The molecule has 24 heavy (non-hydrogen) atoms. The van der Waals surface area contributed by atoms with Gasteiger partial charge in [-0.25, -0.2) is 4.98 Å². The fourth-order valence-corrected chi connectivity index (χ4v) is 3.78. The molecule has 1 aliphatic carbocycles. The molecule has 0 amide bonds. The third-order valence-corrected chi connectivity index (χ3v) is 5.23. The molecule has 4 rings (SSSR count). The van der Waals surface area contributed by atoms with Crippen LogP contribution in [0.1, 0.15) is 56.9 Å². The van der Waals surface area contributed by atoms with E-state index in [0.717, 1.165) is 37.3 Å². The summed E-state index contributed by atoms with van der Waals surface area (Å²) in [5.74, 6) is 2.09. The lowest BCUT2D eigenvalue weighted by atomic mass is 10.0. The third-order valence-electron chi connectivity index (χ3n) is 5.23. The smallest absolute Gasteiger partial charge is 0.256 e. The summed E-state index contributed by atoms with van der Waals surface area (Å²) in [5.41, 5.74) is 0.824. The first-order valence-corrected chi connectivity index (χ1v) is 9.04. The molecule has 0 spiro atoms. The first-order chi connectivity index (χ1) is 11.8. The van der Waals surface area contributed by atoms with Crippen LogP contribution >= 0.6 is 0 Å². The SMILES string of the molecule is OC(c1nc(-c2ccc(N3CCCCC3)nc2)no1)C1CCCC1. The number of aliphatic hydroxyl groups is 1. The lowest BCUT2D eigenvalue weighted by Gasteiger charge is -2.27. The summed E-state index contributed by atoms with van der Waals surface area (Å²) in [6.07, 6.45) is 9.33. The van der Waals surface area contributed by atoms with Crippen molar-refractivity contribution in [3.8, 4) is 11.4 Å². The van der Waals surface area contributed by atoms with Crippen molar-refractivity contribution in [2.45, 2.75) is 51.0 Å². The van der Waals surface area contributed by atoms with Gasteiger partial charge in [0.1, 0.15) is 11.9 Å². The molecule has 1 atom stereocenters. The second-order valence-corrected chi connectivity index (χ2v) is 6.90. The van der Waals surface area contributed by atoms with E-state index in [2.05, 4.69) is 20.0 Å². The highest BCUT2D eigenvalue weighted by molar-refractivity contribution is 5.56. The van der Waals surface area contributed by atoms with Crippen LogP contribution in [0.5, 0.6) is 0 Å². The Bertz CT molecular complexity index is 658. The number of hydrogen-bond donors (Lipinski definition) is 1. The molecule has 0 radical (unpaired) electrons. The zero-order valence-corrected chi connectivity index (χ0v) is 13.9. The summed E-state index contributed by atoms with van der Waals surface area (Å²) in [7, 11) is 0. The minimum Gasteiger partial charge on any atom is -0.383 e. The molecule has 128 valence electrons. The predicted molar refractivity (Wildman–Crippen MR) is 90.5 cm³/mol. The van der Waals surface area contributed by atoms with Crippen LogP contribution in [-0.4, -0.2) is 33.3 Å². The summed E-state index contributed by atoms with van der Waals surface area (Å²) in [4.78, 5) is 11.3. The van der Waals surface area contributed by atoms with E-state index < -0.39 is 6.10 Å². The van der Waals surface area contributed by atoms with Gasteiger partial charge in [-0.3, -0.25) is 0 Å². The molecule has 1 aliphatic heterocycles. The highest BCUT2D eigenvalue weighted by Gasteiger charge is 2.29. The van der Waals surface area contributed by atoms with E-state index in [9.17, 15) is 5.11 Å². The second-order valence-electron chi connectivity index (χ2n) is 6.90. The molecule has 6 heteroatoms. The molecule has 2 aromatic heterocycles. The van der Waals surface area contributed by atoms with Crippen molar-refractivity contribution in [2.75, 3.05) is 18.0 Å². The number of hydrogen-bond acceptors (Lipinski definition) is 6. The number of aromatic nitrogens is 3. The van der Waals surface area contributed by atoms with Crippen LogP contribution in [0, 0.1) is 5.92 Å². The van der Waals surface area contributed by atoms with Gasteiger partial charge >= 0.3 is 0 Å². The lowest BCUT2D eigenvalue weighted by molar-refractivity contribution is 0.0768. The Morgan fingerprint density at radius 3 is 2.58 bits per heavy atom. The molecule has 1 saturated heterocycles. The van der Waals surface area contributed by atoms with E-state index in [0.29, 0.717) is 11.7 Å². The van der Waals surface area contributed by atoms with Crippen LogP contribution in [-0.2, 0) is 0 Å². The fourth-order valence-electron chi connectivity index (χ4n) is 3.78. The molecule has 1 unspecified atom stereocenters. The van der Waals surface area contributed by atoms with Crippen molar-refractivity contribution in [1.82, 2.24) is 15.1 Å². The Morgan fingerprint density at radius 1 is 1.08 bits per heavy atom. The van der Waals surface area contributed by atoms with Crippen LogP contribution in [0.2, 0.25) is 0 Å². The molecular weight excluding hydrogens is 304 g/mol. The number of nitrogens with zero attached hydrogens (tertiary/aromatic N) is 4. The monoisotopic (exact) mass is 328 g/mol.